The van der Waals surface area contributed by atoms with Gasteiger partial charge in [0.05, 0.1) is 11.4 Å². The van der Waals surface area contributed by atoms with Crippen LogP contribution in [-0.4, -0.2) is 44.3 Å². The van der Waals surface area contributed by atoms with E-state index in [9.17, 15) is 0 Å². The molecule has 2 aliphatic rings. The molecule has 0 radical (unpaired) electrons. The second-order valence-corrected chi connectivity index (χ2v) is 9.49. The van der Waals surface area contributed by atoms with Crippen LogP contribution in [0, 0.1) is 5.41 Å². The van der Waals surface area contributed by atoms with E-state index >= 15 is 0 Å². The van der Waals surface area contributed by atoms with Crippen LogP contribution in [0.5, 0.6) is 11.5 Å². The number of aromatic nitrogens is 4. The Hall–Kier alpha value is -3.25. The number of nitrogens with zero attached hydrogens (tertiary/aromatic N) is 5. The van der Waals surface area contributed by atoms with Crippen molar-refractivity contribution in [3.8, 4) is 22.8 Å². The van der Waals surface area contributed by atoms with Gasteiger partial charge in [0.15, 0.2) is 5.65 Å². The summed E-state index contributed by atoms with van der Waals surface area (Å²) in [4.78, 5) is 11.5. The van der Waals surface area contributed by atoms with Crippen LogP contribution in [0.25, 0.3) is 22.3 Å². The van der Waals surface area contributed by atoms with Crippen molar-refractivity contribution in [2.24, 2.45) is 5.41 Å². The fraction of sp³-hybridized carbons (Fsp3) is 0.370. The van der Waals surface area contributed by atoms with Gasteiger partial charge in [-0.15, -0.1) is 0 Å². The summed E-state index contributed by atoms with van der Waals surface area (Å²) in [6.07, 6.45) is 8.55. The van der Waals surface area contributed by atoms with Gasteiger partial charge in [-0.05, 0) is 87.1 Å². The minimum atomic E-state index is 0.421. The smallest absolute Gasteiger partial charge is 0.162 e. The molecule has 6 rings (SSSR count). The molecule has 0 bridgehead atoms. The summed E-state index contributed by atoms with van der Waals surface area (Å²) in [7, 11) is 0. The molecule has 0 N–H and O–H groups in total. The van der Waals surface area contributed by atoms with Gasteiger partial charge in [0.2, 0.25) is 0 Å². The lowest BCUT2D eigenvalue weighted by molar-refractivity contribution is -0.00839. The Morgan fingerprint density at radius 2 is 1.70 bits per heavy atom. The van der Waals surface area contributed by atoms with Gasteiger partial charge in [-0.3, -0.25) is 0 Å². The highest BCUT2D eigenvalue weighted by Gasteiger charge is 2.47. The van der Waals surface area contributed by atoms with Crippen molar-refractivity contribution in [2.45, 2.75) is 38.6 Å². The van der Waals surface area contributed by atoms with Gasteiger partial charge in [-0.1, -0.05) is 25.1 Å². The van der Waals surface area contributed by atoms with E-state index in [2.05, 4.69) is 38.6 Å². The molecule has 33 heavy (non-hydrogen) atoms. The first-order valence-corrected chi connectivity index (χ1v) is 12.0. The Kier molecular flexibility index (Phi) is 5.10. The maximum absolute atomic E-state index is 5.95. The van der Waals surface area contributed by atoms with Gasteiger partial charge in [0.1, 0.15) is 23.5 Å². The van der Waals surface area contributed by atoms with Crippen molar-refractivity contribution < 1.29 is 4.74 Å². The average Bonchev–Trinajstić information content (AvgIpc) is 3.23. The largest absolute Gasteiger partial charge is 0.457 e. The normalized spacial score (nSPS) is 18.5. The van der Waals surface area contributed by atoms with Crippen molar-refractivity contribution in [1.82, 2.24) is 24.6 Å². The quantitative estimate of drug-likeness (QED) is 0.398. The van der Waals surface area contributed by atoms with Crippen LogP contribution in [0.15, 0.2) is 67.1 Å². The van der Waals surface area contributed by atoms with Crippen molar-refractivity contribution >= 4 is 11.0 Å². The fourth-order valence-electron chi connectivity index (χ4n) is 5.52. The van der Waals surface area contributed by atoms with Gasteiger partial charge in [-0.25, -0.2) is 14.6 Å². The highest BCUT2D eigenvalue weighted by atomic mass is 16.5. The van der Waals surface area contributed by atoms with E-state index in [1.165, 1.54) is 45.3 Å². The Balaban J connectivity index is 1.24. The Bertz CT molecular complexity index is 1230. The maximum atomic E-state index is 5.95. The highest BCUT2D eigenvalue weighted by Crippen LogP contribution is 2.55. The minimum Gasteiger partial charge on any atom is -0.457 e. The standard InChI is InChI=1S/C27H29N5O/c1-2-31-14-12-27(13-15-31)16-21(17-27)32-26-24(18-28-19-29-26)25(30-32)20-8-10-23(11-9-20)33-22-6-4-3-5-7-22/h3-11,18-19,21H,2,12-17H2,1H3. The molecule has 0 amide bonds. The number of para-hydroxylation sites is 1. The molecule has 2 aromatic heterocycles. The molecule has 1 spiro atoms. The molecule has 4 aromatic rings. The summed E-state index contributed by atoms with van der Waals surface area (Å²) in [6, 6.07) is 18.4. The second kappa shape index (κ2) is 8.27. The number of hydrogen-bond donors (Lipinski definition) is 0. The monoisotopic (exact) mass is 439 g/mol. The van der Waals surface area contributed by atoms with Crippen LogP contribution >= 0.6 is 0 Å². The minimum absolute atomic E-state index is 0.421. The predicted molar refractivity (Wildman–Crippen MR) is 129 cm³/mol. The van der Waals surface area contributed by atoms with Crippen LogP contribution in [0.4, 0.5) is 0 Å². The molecule has 1 saturated heterocycles. The fourth-order valence-corrected chi connectivity index (χ4v) is 5.52. The summed E-state index contributed by atoms with van der Waals surface area (Å²) < 4.78 is 8.12. The third-order valence-electron chi connectivity index (χ3n) is 7.52. The Labute approximate surface area is 194 Å². The van der Waals surface area contributed by atoms with Gasteiger partial charge in [-0.2, -0.15) is 5.10 Å². The molecule has 0 atom stereocenters. The first kappa shape index (κ1) is 20.4. The molecule has 2 aromatic carbocycles. The molecule has 168 valence electrons. The molecule has 6 nitrogen and oxygen atoms in total. The molecular formula is C27H29N5O. The lowest BCUT2D eigenvalue weighted by atomic mass is 9.60. The molecule has 3 heterocycles. The number of benzene rings is 2. The number of rotatable bonds is 5. The summed E-state index contributed by atoms with van der Waals surface area (Å²) in [5, 5.41) is 6.08. The van der Waals surface area contributed by atoms with Crippen molar-refractivity contribution in [1.29, 1.82) is 0 Å². The molecule has 0 unspecified atom stereocenters. The van der Waals surface area contributed by atoms with Crippen LogP contribution in [0.3, 0.4) is 0 Å². The Morgan fingerprint density at radius 1 is 0.970 bits per heavy atom. The van der Waals surface area contributed by atoms with Crippen LogP contribution < -0.4 is 4.74 Å². The topological polar surface area (TPSA) is 56.1 Å². The summed E-state index contributed by atoms with van der Waals surface area (Å²) in [6.45, 7) is 5.89. The number of likely N-dealkylation sites (tertiary alicyclic amines) is 1. The maximum Gasteiger partial charge on any atom is 0.162 e. The van der Waals surface area contributed by atoms with E-state index in [1.807, 2.05) is 48.7 Å². The SMILES string of the molecule is CCN1CCC2(CC1)CC(n1nc(-c3ccc(Oc4ccccc4)cc3)c3cncnc31)C2. The van der Waals surface area contributed by atoms with E-state index in [4.69, 9.17) is 9.84 Å². The molecule has 1 aliphatic carbocycles. The van der Waals surface area contributed by atoms with Crippen LogP contribution in [0.2, 0.25) is 0 Å². The third kappa shape index (κ3) is 3.78. The lowest BCUT2D eigenvalue weighted by Crippen LogP contribution is -2.47. The van der Waals surface area contributed by atoms with Crippen molar-refractivity contribution in [2.75, 3.05) is 19.6 Å². The summed E-state index contributed by atoms with van der Waals surface area (Å²) in [5.41, 5.74) is 3.44. The number of ether oxygens (including phenoxy) is 1. The molecular weight excluding hydrogens is 410 g/mol. The number of fused-ring (bicyclic) bond motifs is 1. The summed E-state index contributed by atoms with van der Waals surface area (Å²) >= 11 is 0. The van der Waals surface area contributed by atoms with E-state index in [0.717, 1.165) is 33.8 Å². The molecule has 2 fully saturated rings. The zero-order valence-electron chi connectivity index (χ0n) is 19.0. The van der Waals surface area contributed by atoms with E-state index < -0.39 is 0 Å². The second-order valence-electron chi connectivity index (χ2n) is 9.49. The van der Waals surface area contributed by atoms with Crippen LogP contribution in [-0.2, 0) is 0 Å². The number of piperidine rings is 1. The zero-order chi connectivity index (χ0) is 22.3. The van der Waals surface area contributed by atoms with E-state index in [1.54, 1.807) is 6.33 Å². The molecule has 1 aliphatic heterocycles. The van der Waals surface area contributed by atoms with Crippen molar-refractivity contribution in [3.05, 3.63) is 67.1 Å². The predicted octanol–water partition coefficient (Wildman–Crippen LogP) is 5.72. The van der Waals surface area contributed by atoms with Crippen LogP contribution in [0.1, 0.15) is 38.6 Å². The third-order valence-corrected chi connectivity index (χ3v) is 7.52. The van der Waals surface area contributed by atoms with Crippen molar-refractivity contribution in [3.63, 3.8) is 0 Å². The Morgan fingerprint density at radius 3 is 2.42 bits per heavy atom. The molecule has 6 heteroatoms. The van der Waals surface area contributed by atoms with E-state index in [-0.39, 0.29) is 0 Å². The average molecular weight is 440 g/mol. The first-order chi connectivity index (χ1) is 16.2. The lowest BCUT2D eigenvalue weighted by Gasteiger charge is -2.52. The van der Waals surface area contributed by atoms with Gasteiger partial charge in [0.25, 0.3) is 0 Å². The molecule has 1 saturated carbocycles. The number of hydrogen-bond acceptors (Lipinski definition) is 5. The zero-order valence-corrected chi connectivity index (χ0v) is 19.0. The van der Waals surface area contributed by atoms with Gasteiger partial charge >= 0.3 is 0 Å². The van der Waals surface area contributed by atoms with Gasteiger partial charge < -0.3 is 9.64 Å². The van der Waals surface area contributed by atoms with Gasteiger partial charge in [0, 0.05) is 11.8 Å². The highest BCUT2D eigenvalue weighted by molar-refractivity contribution is 5.90. The summed E-state index contributed by atoms with van der Waals surface area (Å²) in [5.74, 6) is 1.64. The van der Waals surface area contributed by atoms with E-state index in [0.29, 0.717) is 11.5 Å². The first-order valence-electron chi connectivity index (χ1n) is 12.0.